The summed E-state index contributed by atoms with van der Waals surface area (Å²) < 4.78 is 6.50. The first-order valence-electron chi connectivity index (χ1n) is 7.01. The number of rotatable bonds is 8. The van der Waals surface area contributed by atoms with Crippen LogP contribution < -0.4 is 10.9 Å². The number of nitrogens with zero attached hydrogens (tertiary/aromatic N) is 3. The fourth-order valence-electron chi connectivity index (χ4n) is 1.79. The quantitative estimate of drug-likeness (QED) is 0.757. The van der Waals surface area contributed by atoms with E-state index in [0.29, 0.717) is 19.7 Å². The van der Waals surface area contributed by atoms with Crippen LogP contribution in [0.25, 0.3) is 11.4 Å². The second-order valence-corrected chi connectivity index (χ2v) is 5.45. The van der Waals surface area contributed by atoms with Crippen LogP contribution in [0.1, 0.15) is 19.8 Å². The summed E-state index contributed by atoms with van der Waals surface area (Å²) in [7, 11) is 1.67. The summed E-state index contributed by atoms with van der Waals surface area (Å²) in [6, 6.07) is 3.27. The van der Waals surface area contributed by atoms with Gasteiger partial charge < -0.3 is 10.1 Å². The number of hydrogen-bond acceptors (Lipinski definition) is 6. The number of unbranched alkanes of at least 4 members (excludes halogenated alkanes) is 1. The lowest BCUT2D eigenvalue weighted by Crippen LogP contribution is -2.22. The molecule has 0 saturated carbocycles. The maximum absolute atomic E-state index is 11.7. The van der Waals surface area contributed by atoms with Gasteiger partial charge in [0.2, 0.25) is 0 Å². The average molecular weight is 308 g/mol. The van der Waals surface area contributed by atoms with Crippen molar-refractivity contribution in [3.8, 4) is 11.4 Å². The third-order valence-corrected chi connectivity index (χ3v) is 3.74. The number of thiazole rings is 1. The Morgan fingerprint density at radius 2 is 2.24 bits per heavy atom. The highest BCUT2D eigenvalue weighted by atomic mass is 32.1. The van der Waals surface area contributed by atoms with E-state index in [1.165, 1.54) is 16.0 Å². The molecule has 0 aromatic carbocycles. The molecule has 0 aliphatic heterocycles. The Balaban J connectivity index is 2.12. The third kappa shape index (κ3) is 4.37. The van der Waals surface area contributed by atoms with Crippen LogP contribution in [0.15, 0.2) is 22.3 Å². The third-order valence-electron chi connectivity index (χ3n) is 2.94. The zero-order valence-electron chi connectivity index (χ0n) is 12.3. The standard InChI is InChI=1S/C14H20N4O2S/c1-3-4-8-18-13(19)6-5-11(17-18)12-10-21-14(16-12)15-7-9-20-2/h5-6,10H,3-4,7-9H2,1-2H3,(H,15,16). The number of methoxy groups -OCH3 is 1. The van der Waals surface area contributed by atoms with Gasteiger partial charge in [-0.2, -0.15) is 5.10 Å². The van der Waals surface area contributed by atoms with Crippen LogP contribution in [-0.4, -0.2) is 35.0 Å². The lowest BCUT2D eigenvalue weighted by molar-refractivity contribution is 0.211. The molecule has 7 heteroatoms. The van der Waals surface area contributed by atoms with E-state index in [1.54, 1.807) is 19.2 Å². The molecule has 1 N–H and O–H groups in total. The molecule has 6 nitrogen and oxygen atoms in total. The fourth-order valence-corrected chi connectivity index (χ4v) is 2.52. The summed E-state index contributed by atoms with van der Waals surface area (Å²) in [6.07, 6.45) is 1.97. The van der Waals surface area contributed by atoms with E-state index in [-0.39, 0.29) is 5.56 Å². The van der Waals surface area contributed by atoms with Crippen LogP contribution in [0, 0.1) is 0 Å². The van der Waals surface area contributed by atoms with Crippen molar-refractivity contribution in [1.29, 1.82) is 0 Å². The van der Waals surface area contributed by atoms with Crippen LogP contribution in [0.2, 0.25) is 0 Å². The average Bonchev–Trinajstić information content (AvgIpc) is 2.95. The van der Waals surface area contributed by atoms with Crippen molar-refractivity contribution in [2.75, 3.05) is 25.6 Å². The largest absolute Gasteiger partial charge is 0.383 e. The number of nitrogens with one attached hydrogen (secondary N) is 1. The molecule has 2 rings (SSSR count). The van der Waals surface area contributed by atoms with E-state index in [1.807, 2.05) is 5.38 Å². The first-order chi connectivity index (χ1) is 10.2. The molecule has 114 valence electrons. The summed E-state index contributed by atoms with van der Waals surface area (Å²) in [5.41, 5.74) is 1.44. The van der Waals surface area contributed by atoms with Gasteiger partial charge in [-0.25, -0.2) is 9.67 Å². The molecular weight excluding hydrogens is 288 g/mol. The highest BCUT2D eigenvalue weighted by Crippen LogP contribution is 2.22. The van der Waals surface area contributed by atoms with Gasteiger partial charge in [-0.05, 0) is 12.5 Å². The minimum absolute atomic E-state index is 0.0686. The van der Waals surface area contributed by atoms with Gasteiger partial charge in [-0.3, -0.25) is 4.79 Å². The van der Waals surface area contributed by atoms with E-state index in [9.17, 15) is 4.79 Å². The predicted molar refractivity (Wildman–Crippen MR) is 84.9 cm³/mol. The molecule has 0 amide bonds. The first-order valence-corrected chi connectivity index (χ1v) is 7.89. The van der Waals surface area contributed by atoms with Gasteiger partial charge in [-0.1, -0.05) is 13.3 Å². The van der Waals surface area contributed by atoms with E-state index in [0.717, 1.165) is 29.4 Å². The van der Waals surface area contributed by atoms with Crippen LogP contribution in [0.3, 0.4) is 0 Å². The maximum atomic E-state index is 11.7. The van der Waals surface area contributed by atoms with Gasteiger partial charge >= 0.3 is 0 Å². The van der Waals surface area contributed by atoms with Crippen molar-refractivity contribution in [1.82, 2.24) is 14.8 Å². The molecule has 21 heavy (non-hydrogen) atoms. The lowest BCUT2D eigenvalue weighted by Gasteiger charge is -2.04. The molecule has 0 bridgehead atoms. The summed E-state index contributed by atoms with van der Waals surface area (Å²) >= 11 is 1.52. The van der Waals surface area contributed by atoms with Crippen LogP contribution in [0.5, 0.6) is 0 Å². The molecule has 2 heterocycles. The summed E-state index contributed by atoms with van der Waals surface area (Å²) in [4.78, 5) is 16.2. The molecule has 0 aliphatic rings. The van der Waals surface area contributed by atoms with Crippen LogP contribution in [-0.2, 0) is 11.3 Å². The topological polar surface area (TPSA) is 69.0 Å². The molecule has 2 aromatic heterocycles. The Morgan fingerprint density at radius 1 is 1.38 bits per heavy atom. The Hall–Kier alpha value is -1.73. The van der Waals surface area contributed by atoms with Gasteiger partial charge in [0.05, 0.1) is 6.61 Å². The normalized spacial score (nSPS) is 10.8. The smallest absolute Gasteiger partial charge is 0.266 e. The van der Waals surface area contributed by atoms with E-state index >= 15 is 0 Å². The van der Waals surface area contributed by atoms with Gasteiger partial charge in [0.15, 0.2) is 5.13 Å². The number of aromatic nitrogens is 3. The first kappa shape index (κ1) is 15.7. The second kappa shape index (κ2) is 7.90. The minimum Gasteiger partial charge on any atom is -0.383 e. The Morgan fingerprint density at radius 3 is 3.00 bits per heavy atom. The van der Waals surface area contributed by atoms with Crippen molar-refractivity contribution in [2.24, 2.45) is 0 Å². The van der Waals surface area contributed by atoms with Crippen molar-refractivity contribution in [3.63, 3.8) is 0 Å². The predicted octanol–water partition coefficient (Wildman–Crippen LogP) is 2.23. The van der Waals surface area contributed by atoms with Gasteiger partial charge in [0.25, 0.3) is 5.56 Å². The fraction of sp³-hybridized carbons (Fsp3) is 0.500. The van der Waals surface area contributed by atoms with Gasteiger partial charge in [0.1, 0.15) is 11.4 Å². The number of aryl methyl sites for hydroxylation is 1. The summed E-state index contributed by atoms with van der Waals surface area (Å²) in [5.74, 6) is 0. The molecule has 0 radical (unpaired) electrons. The molecule has 2 aromatic rings. The molecular formula is C14H20N4O2S. The molecule has 0 fully saturated rings. The highest BCUT2D eigenvalue weighted by molar-refractivity contribution is 7.14. The molecule has 0 spiro atoms. The second-order valence-electron chi connectivity index (χ2n) is 4.59. The minimum atomic E-state index is -0.0686. The van der Waals surface area contributed by atoms with E-state index in [2.05, 4.69) is 22.3 Å². The zero-order chi connectivity index (χ0) is 15.1. The maximum Gasteiger partial charge on any atom is 0.266 e. The molecule has 0 saturated heterocycles. The molecule has 0 atom stereocenters. The molecule has 0 aliphatic carbocycles. The summed E-state index contributed by atoms with van der Waals surface area (Å²) in [6.45, 7) is 4.08. The van der Waals surface area contributed by atoms with Crippen molar-refractivity contribution >= 4 is 16.5 Å². The zero-order valence-corrected chi connectivity index (χ0v) is 13.2. The Labute approximate surface area is 127 Å². The van der Waals surface area contributed by atoms with Crippen molar-refractivity contribution < 1.29 is 4.74 Å². The highest BCUT2D eigenvalue weighted by Gasteiger charge is 2.07. The monoisotopic (exact) mass is 308 g/mol. The van der Waals surface area contributed by atoms with Gasteiger partial charge in [0, 0.05) is 31.6 Å². The number of anilines is 1. The lowest BCUT2D eigenvalue weighted by atomic mass is 10.3. The van der Waals surface area contributed by atoms with Crippen LogP contribution in [0.4, 0.5) is 5.13 Å². The van der Waals surface area contributed by atoms with E-state index < -0.39 is 0 Å². The van der Waals surface area contributed by atoms with Gasteiger partial charge in [-0.15, -0.1) is 11.3 Å². The van der Waals surface area contributed by atoms with Crippen LogP contribution >= 0.6 is 11.3 Å². The van der Waals surface area contributed by atoms with Crippen molar-refractivity contribution in [2.45, 2.75) is 26.3 Å². The number of hydrogen-bond donors (Lipinski definition) is 1. The number of ether oxygens (including phenoxy) is 1. The summed E-state index contributed by atoms with van der Waals surface area (Å²) in [5, 5.41) is 10.3. The molecule has 0 unspecified atom stereocenters. The SMILES string of the molecule is CCCCn1nc(-c2csc(NCCOC)n2)ccc1=O. The van der Waals surface area contributed by atoms with Crippen molar-refractivity contribution in [3.05, 3.63) is 27.9 Å². The Kier molecular flexibility index (Phi) is 5.89. The van der Waals surface area contributed by atoms with E-state index in [4.69, 9.17) is 4.74 Å². The Bertz CT molecular complexity index is 623.